The number of rotatable bonds is 7. The fourth-order valence-electron chi connectivity index (χ4n) is 5.18. The van der Waals surface area contributed by atoms with Gasteiger partial charge < -0.3 is 25.1 Å². The number of methoxy groups -OCH3 is 2. The van der Waals surface area contributed by atoms with Gasteiger partial charge in [0.05, 0.1) is 19.8 Å². The molecule has 1 amide bonds. The lowest BCUT2D eigenvalue weighted by Crippen LogP contribution is -2.56. The van der Waals surface area contributed by atoms with E-state index >= 15 is 0 Å². The molecule has 1 aliphatic heterocycles. The molecule has 36 heavy (non-hydrogen) atoms. The lowest BCUT2D eigenvalue weighted by molar-refractivity contribution is -0.137. The molecule has 3 heterocycles. The normalized spacial score (nSPS) is 16.2. The molecule has 0 spiro atoms. The van der Waals surface area contributed by atoms with Crippen molar-refractivity contribution in [3.63, 3.8) is 0 Å². The van der Waals surface area contributed by atoms with E-state index in [1.807, 2.05) is 47.5 Å². The standard InChI is InChI=1S/C29H33N3O3S/c1-29(30,18-23-5-4-14-36-23)28(33)32-12-10-19(11-13-32)25-16-22-15-20(6-8-24(22)31-25)21-7-9-26(34-2)27(17-21)35-3/h4-9,14-17,19,31H,10-13,18,30H2,1-3H3/t29-/m1/s1. The average molecular weight is 504 g/mol. The molecular weight excluding hydrogens is 470 g/mol. The Morgan fingerprint density at radius 1 is 1.06 bits per heavy atom. The Bertz CT molecular complexity index is 1350. The van der Waals surface area contributed by atoms with Gasteiger partial charge in [0.2, 0.25) is 5.91 Å². The molecular formula is C29H33N3O3S. The summed E-state index contributed by atoms with van der Waals surface area (Å²) in [7, 11) is 3.30. The van der Waals surface area contributed by atoms with E-state index in [1.165, 1.54) is 11.1 Å². The number of hydrogen-bond donors (Lipinski definition) is 2. The second-order valence-electron chi connectivity index (χ2n) is 9.84. The van der Waals surface area contributed by atoms with Gasteiger partial charge in [0, 0.05) is 46.9 Å². The smallest absolute Gasteiger partial charge is 0.242 e. The minimum atomic E-state index is -0.876. The first-order valence-electron chi connectivity index (χ1n) is 12.3. The van der Waals surface area contributed by atoms with Gasteiger partial charge in [-0.15, -0.1) is 11.3 Å². The lowest BCUT2D eigenvalue weighted by Gasteiger charge is -2.36. The highest BCUT2D eigenvalue weighted by Crippen LogP contribution is 2.35. The predicted octanol–water partition coefficient (Wildman–Crippen LogP) is 5.58. The van der Waals surface area contributed by atoms with Crippen LogP contribution in [0.4, 0.5) is 0 Å². The van der Waals surface area contributed by atoms with E-state index in [9.17, 15) is 4.79 Å². The number of likely N-dealkylation sites (tertiary alicyclic amines) is 1. The lowest BCUT2D eigenvalue weighted by atomic mass is 9.90. The number of nitrogens with two attached hydrogens (primary N) is 1. The van der Waals surface area contributed by atoms with E-state index in [0.717, 1.165) is 59.0 Å². The average Bonchev–Trinajstić information content (AvgIpc) is 3.57. The third-order valence-corrected chi connectivity index (χ3v) is 8.07. The maximum absolute atomic E-state index is 13.2. The largest absolute Gasteiger partial charge is 0.493 e. The molecule has 2 aromatic carbocycles. The summed E-state index contributed by atoms with van der Waals surface area (Å²) >= 11 is 1.65. The summed E-state index contributed by atoms with van der Waals surface area (Å²) in [6.45, 7) is 3.31. The summed E-state index contributed by atoms with van der Waals surface area (Å²) < 4.78 is 10.8. The number of nitrogens with one attached hydrogen (secondary N) is 1. The number of thiophene rings is 1. The van der Waals surface area contributed by atoms with Crippen molar-refractivity contribution in [3.05, 3.63) is 70.5 Å². The number of piperidine rings is 1. The van der Waals surface area contributed by atoms with Gasteiger partial charge in [-0.05, 0) is 72.7 Å². The number of aromatic nitrogens is 1. The minimum Gasteiger partial charge on any atom is -0.493 e. The number of amides is 1. The zero-order valence-electron chi connectivity index (χ0n) is 21.0. The van der Waals surface area contributed by atoms with Crippen LogP contribution in [0.3, 0.4) is 0 Å². The van der Waals surface area contributed by atoms with Crippen LogP contribution in [0, 0.1) is 0 Å². The van der Waals surface area contributed by atoms with Crippen LogP contribution in [0.25, 0.3) is 22.0 Å². The zero-order chi connectivity index (χ0) is 25.3. The van der Waals surface area contributed by atoms with E-state index in [-0.39, 0.29) is 5.91 Å². The molecule has 1 aliphatic rings. The van der Waals surface area contributed by atoms with Gasteiger partial charge in [-0.1, -0.05) is 18.2 Å². The summed E-state index contributed by atoms with van der Waals surface area (Å²) in [4.78, 5) is 19.9. The van der Waals surface area contributed by atoms with Crippen LogP contribution in [0.5, 0.6) is 11.5 Å². The SMILES string of the molecule is COc1ccc(-c2ccc3[nH]c(C4CCN(C(=O)[C@](C)(N)Cc5cccs5)CC4)cc3c2)cc1OC. The molecule has 4 aromatic rings. The number of carbonyl (C=O) groups excluding carboxylic acids is 1. The Labute approximate surface area is 216 Å². The third kappa shape index (κ3) is 4.86. The second kappa shape index (κ2) is 9.99. The van der Waals surface area contributed by atoms with Gasteiger partial charge >= 0.3 is 0 Å². The Balaban J connectivity index is 1.27. The molecule has 0 radical (unpaired) electrons. The van der Waals surface area contributed by atoms with Crippen LogP contribution < -0.4 is 15.2 Å². The first-order valence-corrected chi connectivity index (χ1v) is 13.2. The van der Waals surface area contributed by atoms with Gasteiger partial charge in [-0.25, -0.2) is 0 Å². The minimum absolute atomic E-state index is 0.0468. The quantitative estimate of drug-likeness (QED) is 0.345. The van der Waals surface area contributed by atoms with E-state index in [4.69, 9.17) is 15.2 Å². The van der Waals surface area contributed by atoms with Crippen molar-refractivity contribution in [2.75, 3.05) is 27.3 Å². The molecule has 0 aliphatic carbocycles. The number of hydrogen-bond acceptors (Lipinski definition) is 5. The topological polar surface area (TPSA) is 80.6 Å². The summed E-state index contributed by atoms with van der Waals surface area (Å²) in [6, 6.07) is 18.8. The van der Waals surface area contributed by atoms with E-state index in [2.05, 4.69) is 29.2 Å². The van der Waals surface area contributed by atoms with Crippen molar-refractivity contribution in [1.82, 2.24) is 9.88 Å². The zero-order valence-corrected chi connectivity index (χ0v) is 21.9. The second-order valence-corrected chi connectivity index (χ2v) is 10.9. The summed E-state index contributed by atoms with van der Waals surface area (Å²) in [5, 5.41) is 3.21. The molecule has 7 heteroatoms. The summed E-state index contributed by atoms with van der Waals surface area (Å²) in [6.07, 6.45) is 2.43. The molecule has 2 aromatic heterocycles. The van der Waals surface area contributed by atoms with Gasteiger partial charge in [-0.2, -0.15) is 0 Å². The van der Waals surface area contributed by atoms with Crippen LogP contribution in [-0.2, 0) is 11.2 Å². The number of benzene rings is 2. The molecule has 5 rings (SSSR count). The molecule has 1 fully saturated rings. The number of H-pyrrole nitrogens is 1. The first kappa shape index (κ1) is 24.4. The van der Waals surface area contributed by atoms with Crippen LogP contribution in [0.1, 0.15) is 36.3 Å². The van der Waals surface area contributed by atoms with Gasteiger partial charge in [0.25, 0.3) is 0 Å². The van der Waals surface area contributed by atoms with Crippen LogP contribution >= 0.6 is 11.3 Å². The predicted molar refractivity (Wildman–Crippen MR) is 146 cm³/mol. The molecule has 6 nitrogen and oxygen atoms in total. The number of carbonyl (C=O) groups is 1. The highest BCUT2D eigenvalue weighted by molar-refractivity contribution is 7.09. The maximum atomic E-state index is 13.2. The molecule has 188 valence electrons. The van der Waals surface area contributed by atoms with Gasteiger partial charge in [0.15, 0.2) is 11.5 Å². The highest BCUT2D eigenvalue weighted by atomic mass is 32.1. The van der Waals surface area contributed by atoms with Gasteiger partial charge in [0.1, 0.15) is 0 Å². The molecule has 0 unspecified atom stereocenters. The first-order chi connectivity index (χ1) is 17.4. The molecule has 1 saturated heterocycles. The number of aromatic amines is 1. The third-order valence-electron chi connectivity index (χ3n) is 7.19. The van der Waals surface area contributed by atoms with Crippen molar-refractivity contribution in [1.29, 1.82) is 0 Å². The van der Waals surface area contributed by atoms with Crippen molar-refractivity contribution in [3.8, 4) is 22.6 Å². The summed E-state index contributed by atoms with van der Waals surface area (Å²) in [5.74, 6) is 1.88. The van der Waals surface area contributed by atoms with Crippen molar-refractivity contribution >= 4 is 28.1 Å². The molecule has 3 N–H and O–H groups in total. The number of nitrogens with zero attached hydrogens (tertiary/aromatic N) is 1. The van der Waals surface area contributed by atoms with Crippen LogP contribution in [0.2, 0.25) is 0 Å². The molecule has 0 saturated carbocycles. The highest BCUT2D eigenvalue weighted by Gasteiger charge is 2.35. The Kier molecular flexibility index (Phi) is 6.77. The molecule has 0 bridgehead atoms. The van der Waals surface area contributed by atoms with E-state index < -0.39 is 5.54 Å². The molecule has 1 atom stereocenters. The van der Waals surface area contributed by atoms with Crippen molar-refractivity contribution in [2.45, 2.75) is 37.6 Å². The van der Waals surface area contributed by atoms with Crippen molar-refractivity contribution < 1.29 is 14.3 Å². The van der Waals surface area contributed by atoms with Crippen LogP contribution in [0.15, 0.2) is 60.0 Å². The van der Waals surface area contributed by atoms with Crippen molar-refractivity contribution in [2.24, 2.45) is 5.73 Å². The Morgan fingerprint density at radius 3 is 2.47 bits per heavy atom. The van der Waals surface area contributed by atoms with Crippen LogP contribution in [-0.4, -0.2) is 48.6 Å². The van der Waals surface area contributed by atoms with E-state index in [0.29, 0.717) is 12.3 Å². The fraction of sp³-hybridized carbons (Fsp3) is 0.345. The monoisotopic (exact) mass is 503 g/mol. The number of fused-ring (bicyclic) bond motifs is 1. The Morgan fingerprint density at radius 2 is 1.78 bits per heavy atom. The maximum Gasteiger partial charge on any atom is 0.242 e. The summed E-state index contributed by atoms with van der Waals surface area (Å²) in [5.41, 5.74) is 10.2. The van der Waals surface area contributed by atoms with E-state index in [1.54, 1.807) is 25.6 Å². The fourth-order valence-corrected chi connectivity index (χ4v) is 6.05. The number of ether oxygens (including phenoxy) is 2. The van der Waals surface area contributed by atoms with Gasteiger partial charge in [-0.3, -0.25) is 4.79 Å². The Hall–Kier alpha value is -3.29.